The Morgan fingerprint density at radius 1 is 1.24 bits per heavy atom. The van der Waals surface area contributed by atoms with Gasteiger partial charge in [-0.3, -0.25) is 14.9 Å². The maximum Gasteiger partial charge on any atom is 0.289 e. The van der Waals surface area contributed by atoms with Gasteiger partial charge in [0.05, 0.1) is 10.7 Å². The van der Waals surface area contributed by atoms with Gasteiger partial charge in [0, 0.05) is 18.8 Å². The Hall–Kier alpha value is -3.11. The third kappa shape index (κ3) is 6.27. The number of nitro benzene ring substituents is 1. The number of carbonyl (C=O) groups excluding carboxylic acids is 1. The summed E-state index contributed by atoms with van der Waals surface area (Å²) in [5.74, 6) is 1.06. The van der Waals surface area contributed by atoms with Crippen molar-refractivity contribution >= 4 is 40.6 Å². The van der Waals surface area contributed by atoms with Gasteiger partial charge in [-0.1, -0.05) is 56.3 Å². The lowest BCUT2D eigenvalue weighted by molar-refractivity contribution is -0.384. The van der Waals surface area contributed by atoms with Crippen molar-refractivity contribution in [2.75, 3.05) is 11.1 Å². The zero-order valence-electron chi connectivity index (χ0n) is 19.5. The molecule has 0 spiro atoms. The summed E-state index contributed by atoms with van der Waals surface area (Å²) in [6.07, 6.45) is -0.351. The number of thioether (sulfide) groups is 1. The van der Waals surface area contributed by atoms with Crippen LogP contribution in [0.15, 0.2) is 47.6 Å². The van der Waals surface area contributed by atoms with Gasteiger partial charge in [0.25, 0.3) is 5.69 Å². The van der Waals surface area contributed by atoms with Gasteiger partial charge in [-0.25, -0.2) is 0 Å². The molecular formula is C23H26ClN5O4S. The van der Waals surface area contributed by atoms with Crippen LogP contribution >= 0.6 is 23.4 Å². The molecule has 11 heteroatoms. The molecule has 1 atom stereocenters. The minimum absolute atomic E-state index is 0.00507. The van der Waals surface area contributed by atoms with E-state index in [2.05, 4.69) is 36.3 Å². The van der Waals surface area contributed by atoms with Gasteiger partial charge in [0.2, 0.25) is 5.91 Å². The maximum absolute atomic E-state index is 12.3. The summed E-state index contributed by atoms with van der Waals surface area (Å²) < 4.78 is 7.81. The zero-order chi connectivity index (χ0) is 25.0. The van der Waals surface area contributed by atoms with Crippen molar-refractivity contribution in [2.45, 2.75) is 44.4 Å². The molecule has 0 saturated carbocycles. The first-order valence-electron chi connectivity index (χ1n) is 10.5. The summed E-state index contributed by atoms with van der Waals surface area (Å²) in [6, 6.07) is 12.1. The number of anilines is 1. The number of benzene rings is 2. The van der Waals surface area contributed by atoms with Gasteiger partial charge in [-0.2, -0.15) is 0 Å². The molecule has 0 radical (unpaired) electrons. The van der Waals surface area contributed by atoms with Crippen molar-refractivity contribution < 1.29 is 14.5 Å². The average Bonchev–Trinajstić information content (AvgIpc) is 3.13. The molecule has 0 fully saturated rings. The maximum atomic E-state index is 12.3. The fourth-order valence-corrected chi connectivity index (χ4v) is 4.06. The number of hydrogen-bond donors (Lipinski definition) is 1. The molecule has 1 amide bonds. The lowest BCUT2D eigenvalue weighted by Crippen LogP contribution is -2.15. The number of nitro groups is 1. The second-order valence-electron chi connectivity index (χ2n) is 8.69. The van der Waals surface area contributed by atoms with Crippen LogP contribution in [0.4, 0.5) is 11.4 Å². The molecule has 9 nitrogen and oxygen atoms in total. The van der Waals surface area contributed by atoms with E-state index < -0.39 is 4.92 Å². The normalized spacial score (nSPS) is 12.3. The van der Waals surface area contributed by atoms with Crippen molar-refractivity contribution in [2.24, 2.45) is 7.05 Å². The van der Waals surface area contributed by atoms with Gasteiger partial charge in [-0.05, 0) is 42.2 Å². The summed E-state index contributed by atoms with van der Waals surface area (Å²) in [4.78, 5) is 22.7. The van der Waals surface area contributed by atoms with Crippen LogP contribution in [-0.4, -0.2) is 31.3 Å². The molecule has 0 aliphatic rings. The molecule has 34 heavy (non-hydrogen) atoms. The average molecular weight is 504 g/mol. The van der Waals surface area contributed by atoms with Crippen LogP contribution in [0.5, 0.6) is 5.75 Å². The van der Waals surface area contributed by atoms with Crippen LogP contribution in [0.25, 0.3) is 0 Å². The summed E-state index contributed by atoms with van der Waals surface area (Å²) >= 11 is 7.00. The first-order valence-corrected chi connectivity index (χ1v) is 11.8. The second kappa shape index (κ2) is 10.4. The zero-order valence-corrected chi connectivity index (χ0v) is 21.1. The number of aromatic nitrogens is 3. The monoisotopic (exact) mass is 503 g/mol. The van der Waals surface area contributed by atoms with Crippen molar-refractivity contribution in [1.29, 1.82) is 0 Å². The molecule has 0 aliphatic carbocycles. The van der Waals surface area contributed by atoms with Crippen LogP contribution in [0.2, 0.25) is 5.02 Å². The summed E-state index contributed by atoms with van der Waals surface area (Å²) in [5, 5.41) is 22.6. The van der Waals surface area contributed by atoms with E-state index in [0.29, 0.717) is 16.7 Å². The number of hydrogen-bond acceptors (Lipinski definition) is 7. The van der Waals surface area contributed by atoms with Crippen molar-refractivity contribution in [3.8, 4) is 5.75 Å². The predicted molar refractivity (Wildman–Crippen MR) is 133 cm³/mol. The van der Waals surface area contributed by atoms with Crippen LogP contribution in [0.3, 0.4) is 0 Å². The molecule has 3 aromatic rings. The molecule has 2 aromatic carbocycles. The van der Waals surface area contributed by atoms with Crippen molar-refractivity contribution in [3.05, 3.63) is 69.0 Å². The molecule has 1 aromatic heterocycles. The molecule has 3 rings (SSSR count). The molecule has 1 unspecified atom stereocenters. The van der Waals surface area contributed by atoms with Crippen LogP contribution < -0.4 is 10.1 Å². The first-order chi connectivity index (χ1) is 16.0. The highest BCUT2D eigenvalue weighted by atomic mass is 35.5. The van der Waals surface area contributed by atoms with Crippen molar-refractivity contribution in [1.82, 2.24) is 14.8 Å². The fourth-order valence-electron chi connectivity index (χ4n) is 3.15. The van der Waals surface area contributed by atoms with Gasteiger partial charge in [0.15, 0.2) is 17.1 Å². The Labute approximate surface area is 207 Å². The van der Waals surface area contributed by atoms with Crippen LogP contribution in [0, 0.1) is 10.1 Å². The third-order valence-electron chi connectivity index (χ3n) is 5.02. The Bertz CT molecular complexity index is 1190. The molecule has 0 saturated heterocycles. The minimum Gasteiger partial charge on any atom is -0.483 e. The summed E-state index contributed by atoms with van der Waals surface area (Å²) in [6.45, 7) is 8.35. The molecule has 0 bridgehead atoms. The van der Waals surface area contributed by atoms with E-state index in [1.165, 1.54) is 35.5 Å². The van der Waals surface area contributed by atoms with E-state index in [9.17, 15) is 14.9 Å². The Morgan fingerprint density at radius 2 is 1.91 bits per heavy atom. The van der Waals surface area contributed by atoms with Crippen molar-refractivity contribution in [3.63, 3.8) is 0 Å². The molecule has 180 valence electrons. The van der Waals surface area contributed by atoms with Crippen LogP contribution in [-0.2, 0) is 17.3 Å². The lowest BCUT2D eigenvalue weighted by Gasteiger charge is -2.20. The van der Waals surface area contributed by atoms with E-state index in [-0.39, 0.29) is 33.9 Å². The van der Waals surface area contributed by atoms with Gasteiger partial charge < -0.3 is 14.6 Å². The highest BCUT2D eigenvalue weighted by Crippen LogP contribution is 2.29. The number of amides is 1. The number of nitrogens with zero attached hydrogens (tertiary/aromatic N) is 4. The quantitative estimate of drug-likeness (QED) is 0.244. The number of nitrogens with one attached hydrogen (secondary N) is 1. The van der Waals surface area contributed by atoms with Gasteiger partial charge in [-0.15, -0.1) is 10.2 Å². The Kier molecular flexibility index (Phi) is 7.83. The number of halogens is 1. The minimum atomic E-state index is -0.601. The van der Waals surface area contributed by atoms with Crippen LogP contribution in [0.1, 0.15) is 45.2 Å². The number of rotatable bonds is 8. The summed E-state index contributed by atoms with van der Waals surface area (Å²) in [7, 11) is 1.81. The topological polar surface area (TPSA) is 112 Å². The highest BCUT2D eigenvalue weighted by molar-refractivity contribution is 7.99. The molecule has 1 N–H and O–H groups in total. The molecule has 1 heterocycles. The number of carbonyl (C=O) groups is 1. The lowest BCUT2D eigenvalue weighted by atomic mass is 9.87. The van der Waals surface area contributed by atoms with E-state index in [1.54, 1.807) is 11.6 Å². The Balaban J connectivity index is 1.59. The third-order valence-corrected chi connectivity index (χ3v) is 6.36. The van der Waals surface area contributed by atoms with E-state index in [0.717, 1.165) is 5.75 Å². The second-order valence-corrected chi connectivity index (χ2v) is 10.0. The molecule has 0 aliphatic heterocycles. The van der Waals surface area contributed by atoms with E-state index in [4.69, 9.17) is 16.3 Å². The van der Waals surface area contributed by atoms with Gasteiger partial charge >= 0.3 is 0 Å². The highest BCUT2D eigenvalue weighted by Gasteiger charge is 2.19. The smallest absolute Gasteiger partial charge is 0.289 e. The van der Waals surface area contributed by atoms with E-state index >= 15 is 0 Å². The SMILES string of the molecule is CC(Oc1ccc(C(C)(C)C)cc1)c1nnc(SCC(=O)Nc2ccc(Cl)c([N+](=O)[O-])c2)n1C. The fraction of sp³-hybridized carbons (Fsp3) is 0.348. The first kappa shape index (κ1) is 25.5. The van der Waals surface area contributed by atoms with E-state index in [1.807, 2.05) is 31.2 Å². The summed E-state index contributed by atoms with van der Waals surface area (Å²) in [5.41, 5.74) is 1.30. The molecular weight excluding hydrogens is 478 g/mol. The van der Waals surface area contributed by atoms with Gasteiger partial charge in [0.1, 0.15) is 10.8 Å². The largest absolute Gasteiger partial charge is 0.483 e. The Morgan fingerprint density at radius 3 is 2.53 bits per heavy atom. The standard InChI is InChI=1S/C23H26ClN5O4S/c1-14(33-17-9-6-15(7-10-17)23(2,3)4)21-26-27-22(28(21)5)34-13-20(30)25-16-8-11-18(24)19(12-16)29(31)32/h6-12,14H,13H2,1-5H3,(H,25,30). The number of ether oxygens (including phenoxy) is 1. The predicted octanol–water partition coefficient (Wildman–Crippen LogP) is 5.55.